The third-order valence-electron chi connectivity index (χ3n) is 5.60. The van der Waals surface area contributed by atoms with E-state index >= 15 is 0 Å². The molecule has 2 N–H and O–H groups in total. The summed E-state index contributed by atoms with van der Waals surface area (Å²) in [6.07, 6.45) is 1.51. The van der Waals surface area contributed by atoms with Gasteiger partial charge >= 0.3 is 0 Å². The minimum absolute atomic E-state index is 0.229. The molecule has 1 aromatic heterocycles. The van der Waals surface area contributed by atoms with Gasteiger partial charge in [0.2, 0.25) is 0 Å². The molecular weight excluding hydrogens is 478 g/mol. The normalized spacial score (nSPS) is 15.3. The van der Waals surface area contributed by atoms with Crippen LogP contribution in [0.25, 0.3) is 0 Å². The lowest BCUT2D eigenvalue weighted by Gasteiger charge is -2.31. The number of nitrogens with one attached hydrogen (secondary N) is 2. The number of sulfonamides is 1. The Labute approximate surface area is 203 Å². The van der Waals surface area contributed by atoms with Crippen molar-refractivity contribution >= 4 is 44.6 Å². The number of benzene rings is 2. The first kappa shape index (κ1) is 23.8. The van der Waals surface area contributed by atoms with Crippen LogP contribution in [0.15, 0.2) is 64.9 Å². The van der Waals surface area contributed by atoms with Crippen molar-refractivity contribution in [3.8, 4) is 0 Å². The van der Waals surface area contributed by atoms with Gasteiger partial charge in [0.05, 0.1) is 6.54 Å². The van der Waals surface area contributed by atoms with Crippen LogP contribution < -0.4 is 10.6 Å². The molecule has 2 heterocycles. The summed E-state index contributed by atoms with van der Waals surface area (Å²) in [4.78, 5) is 13.1. The van der Waals surface area contributed by atoms with Crippen LogP contribution in [0.1, 0.15) is 33.6 Å². The molecule has 0 spiro atoms. The van der Waals surface area contributed by atoms with E-state index in [0.717, 1.165) is 23.4 Å². The Morgan fingerprint density at radius 3 is 2.52 bits per heavy atom. The van der Waals surface area contributed by atoms with Crippen molar-refractivity contribution < 1.29 is 13.2 Å². The van der Waals surface area contributed by atoms with Crippen LogP contribution in [0, 0.1) is 6.92 Å². The maximum atomic E-state index is 13.1. The van der Waals surface area contributed by atoms with E-state index in [2.05, 4.69) is 29.7 Å². The van der Waals surface area contributed by atoms with Gasteiger partial charge in [0, 0.05) is 40.3 Å². The summed E-state index contributed by atoms with van der Waals surface area (Å²) < 4.78 is 28.1. The molecule has 1 fully saturated rings. The van der Waals surface area contributed by atoms with Crippen LogP contribution in [0.4, 0.5) is 5.69 Å². The summed E-state index contributed by atoms with van der Waals surface area (Å²) in [5.74, 6) is -0.229. The zero-order valence-electron chi connectivity index (χ0n) is 18.3. The first-order chi connectivity index (χ1) is 15.8. The molecule has 0 bridgehead atoms. The number of carbonyl (C=O) groups excluding carboxylic acids is 1. The number of aryl methyl sites for hydroxylation is 1. The van der Waals surface area contributed by atoms with E-state index in [1.165, 1.54) is 16.9 Å². The lowest BCUT2D eigenvalue weighted by atomic mass is 10.1. The second-order valence-electron chi connectivity index (χ2n) is 8.10. The molecule has 1 amide bonds. The van der Waals surface area contributed by atoms with Crippen molar-refractivity contribution in [3.63, 3.8) is 0 Å². The summed E-state index contributed by atoms with van der Waals surface area (Å²) >= 11 is 7.05. The van der Waals surface area contributed by atoms with E-state index in [1.807, 2.05) is 12.1 Å². The fourth-order valence-electron chi connectivity index (χ4n) is 3.80. The Kier molecular flexibility index (Phi) is 7.38. The number of thiophene rings is 1. The third-order valence-corrected chi connectivity index (χ3v) is 9.31. The van der Waals surface area contributed by atoms with Crippen molar-refractivity contribution in [1.29, 1.82) is 0 Å². The van der Waals surface area contributed by atoms with Crippen LogP contribution >= 0.6 is 22.9 Å². The highest BCUT2D eigenvalue weighted by Gasteiger charge is 2.30. The monoisotopic (exact) mass is 503 g/mol. The molecule has 174 valence electrons. The second kappa shape index (κ2) is 10.3. The van der Waals surface area contributed by atoms with Crippen molar-refractivity contribution in [2.75, 3.05) is 18.4 Å². The van der Waals surface area contributed by atoms with Crippen molar-refractivity contribution in [2.24, 2.45) is 0 Å². The Morgan fingerprint density at radius 1 is 1.09 bits per heavy atom. The maximum absolute atomic E-state index is 13.1. The summed E-state index contributed by atoms with van der Waals surface area (Å²) in [5, 5.41) is 6.90. The molecule has 3 aromatic rings. The summed E-state index contributed by atoms with van der Waals surface area (Å²) in [6, 6.07) is 18.5. The van der Waals surface area contributed by atoms with E-state index in [0.29, 0.717) is 27.9 Å². The quantitative estimate of drug-likeness (QED) is 0.480. The molecule has 1 aliphatic rings. The first-order valence-corrected chi connectivity index (χ1v) is 13.4. The molecule has 4 rings (SSSR count). The lowest BCUT2D eigenvalue weighted by Crippen LogP contribution is -2.42. The number of piperidine rings is 1. The highest BCUT2D eigenvalue weighted by Crippen LogP contribution is 2.28. The molecule has 1 saturated heterocycles. The van der Waals surface area contributed by atoms with Crippen LogP contribution in [-0.4, -0.2) is 37.8 Å². The number of halogens is 1. The third kappa shape index (κ3) is 5.95. The first-order valence-electron chi connectivity index (χ1n) is 10.8. The molecule has 0 radical (unpaired) electrons. The Hall–Kier alpha value is -2.39. The van der Waals surface area contributed by atoms with Crippen LogP contribution in [-0.2, 0) is 16.6 Å². The van der Waals surface area contributed by atoms with Gasteiger partial charge in [-0.1, -0.05) is 23.7 Å². The van der Waals surface area contributed by atoms with Gasteiger partial charge in [-0.05, 0) is 73.9 Å². The number of hydrogen-bond donors (Lipinski definition) is 2. The van der Waals surface area contributed by atoms with Crippen LogP contribution in [0.3, 0.4) is 0 Å². The fraction of sp³-hybridized carbons (Fsp3) is 0.292. The van der Waals surface area contributed by atoms with E-state index in [-0.39, 0.29) is 18.5 Å². The minimum atomic E-state index is -3.54. The average Bonchev–Trinajstić information content (AvgIpc) is 3.28. The van der Waals surface area contributed by atoms with Gasteiger partial charge in [0.25, 0.3) is 15.9 Å². The van der Waals surface area contributed by atoms with Gasteiger partial charge in [-0.2, -0.15) is 4.31 Å². The van der Waals surface area contributed by atoms with Gasteiger partial charge in [-0.15, -0.1) is 11.3 Å². The SMILES string of the molecule is Cc1cccc(NC2CCN(S(=O)(=O)c3ccc(CNC(=O)c4ccc(Cl)cc4)s3)CC2)c1. The average molecular weight is 504 g/mol. The number of amides is 1. The van der Waals surface area contributed by atoms with Crippen molar-refractivity contribution in [3.05, 3.63) is 81.7 Å². The minimum Gasteiger partial charge on any atom is -0.382 e. The maximum Gasteiger partial charge on any atom is 0.252 e. The predicted octanol–water partition coefficient (Wildman–Crippen LogP) is 4.91. The number of nitrogens with zero attached hydrogens (tertiary/aromatic N) is 1. The van der Waals surface area contributed by atoms with Crippen molar-refractivity contribution in [1.82, 2.24) is 9.62 Å². The highest BCUT2D eigenvalue weighted by atomic mass is 35.5. The smallest absolute Gasteiger partial charge is 0.252 e. The summed E-state index contributed by atoms with van der Waals surface area (Å²) in [5.41, 5.74) is 2.77. The van der Waals surface area contributed by atoms with E-state index in [4.69, 9.17) is 11.6 Å². The van der Waals surface area contributed by atoms with Crippen LogP contribution in [0.5, 0.6) is 0 Å². The molecule has 9 heteroatoms. The topological polar surface area (TPSA) is 78.5 Å². The van der Waals surface area contributed by atoms with Gasteiger partial charge in [0.15, 0.2) is 0 Å². The Bertz CT molecular complexity index is 1220. The number of hydrogen-bond acceptors (Lipinski definition) is 5. The van der Waals surface area contributed by atoms with Gasteiger partial charge in [0.1, 0.15) is 4.21 Å². The molecule has 6 nitrogen and oxygen atoms in total. The van der Waals surface area contributed by atoms with E-state index < -0.39 is 10.0 Å². The van der Waals surface area contributed by atoms with Gasteiger partial charge < -0.3 is 10.6 Å². The van der Waals surface area contributed by atoms with Gasteiger partial charge in [-0.3, -0.25) is 4.79 Å². The predicted molar refractivity (Wildman–Crippen MR) is 134 cm³/mol. The van der Waals surface area contributed by atoms with Gasteiger partial charge in [-0.25, -0.2) is 8.42 Å². The standard InChI is InChI=1S/C24H26ClN3O3S2/c1-17-3-2-4-21(15-17)27-20-11-13-28(14-12-20)33(30,31)23-10-9-22(32-23)16-26-24(29)18-5-7-19(25)8-6-18/h2-10,15,20,27H,11-14,16H2,1H3,(H,26,29). The number of rotatable bonds is 7. The second-order valence-corrected chi connectivity index (χ2v) is 11.9. The van der Waals surface area contributed by atoms with Crippen LogP contribution in [0.2, 0.25) is 5.02 Å². The Morgan fingerprint density at radius 2 is 1.82 bits per heavy atom. The molecular formula is C24H26ClN3O3S2. The zero-order chi connectivity index (χ0) is 23.4. The van der Waals surface area contributed by atoms with Crippen molar-refractivity contribution in [2.45, 2.75) is 36.6 Å². The van der Waals surface area contributed by atoms with E-state index in [9.17, 15) is 13.2 Å². The fourth-order valence-corrected chi connectivity index (χ4v) is 6.85. The highest BCUT2D eigenvalue weighted by molar-refractivity contribution is 7.91. The van der Waals surface area contributed by atoms with E-state index in [1.54, 1.807) is 40.7 Å². The number of anilines is 1. The molecule has 33 heavy (non-hydrogen) atoms. The largest absolute Gasteiger partial charge is 0.382 e. The molecule has 0 atom stereocenters. The zero-order valence-corrected chi connectivity index (χ0v) is 20.6. The molecule has 1 aliphatic heterocycles. The molecule has 0 saturated carbocycles. The molecule has 2 aromatic carbocycles. The molecule has 0 unspecified atom stereocenters. The Balaban J connectivity index is 1.32. The lowest BCUT2D eigenvalue weighted by molar-refractivity contribution is 0.0951. The molecule has 0 aliphatic carbocycles. The number of carbonyl (C=O) groups is 1. The summed E-state index contributed by atoms with van der Waals surface area (Å²) in [7, 11) is -3.54. The summed E-state index contributed by atoms with van der Waals surface area (Å²) in [6.45, 7) is 3.28.